The van der Waals surface area contributed by atoms with Gasteiger partial charge in [-0.15, -0.1) is 0 Å². The average molecular weight is 583 g/mol. The maximum absolute atomic E-state index is 12.2. The van der Waals surface area contributed by atoms with Gasteiger partial charge in [0.15, 0.2) is 0 Å². The molecule has 7 heteroatoms. The molecule has 2 fully saturated rings. The predicted molar refractivity (Wildman–Crippen MR) is 162 cm³/mol. The summed E-state index contributed by atoms with van der Waals surface area (Å²) in [6, 6.07) is 22.4. The fourth-order valence-corrected chi connectivity index (χ4v) is 7.97. The largest absolute Gasteiger partial charge is 0.408 e. The van der Waals surface area contributed by atoms with Crippen LogP contribution >= 0.6 is 23.2 Å². The van der Waals surface area contributed by atoms with E-state index in [9.17, 15) is 5.11 Å². The minimum Gasteiger partial charge on any atom is -0.408 e. The molecule has 1 aromatic heterocycles. The van der Waals surface area contributed by atoms with Crippen molar-refractivity contribution in [1.82, 2.24) is 9.88 Å². The van der Waals surface area contributed by atoms with Gasteiger partial charge >= 0.3 is 0 Å². The van der Waals surface area contributed by atoms with Gasteiger partial charge in [0.05, 0.1) is 23.5 Å². The van der Waals surface area contributed by atoms with Gasteiger partial charge in [0.25, 0.3) is 0 Å². The predicted octanol–water partition coefficient (Wildman–Crippen LogP) is 8.35. The lowest BCUT2D eigenvalue weighted by Crippen LogP contribution is -2.51. The fraction of sp³-hybridized carbons (Fsp3) is 0.469. The molecule has 2 saturated heterocycles. The molecule has 39 heavy (non-hydrogen) atoms. The molecule has 3 atom stereocenters. The van der Waals surface area contributed by atoms with Crippen molar-refractivity contribution in [2.45, 2.75) is 89.4 Å². The molecule has 2 bridgehead atoms. The molecular weight excluding hydrogens is 543 g/mol. The van der Waals surface area contributed by atoms with E-state index in [0.29, 0.717) is 12.8 Å². The third-order valence-electron chi connectivity index (χ3n) is 8.18. The van der Waals surface area contributed by atoms with E-state index in [1.54, 1.807) is 0 Å². The smallest absolute Gasteiger partial charge is 0.205 e. The molecule has 2 aliphatic rings. The topological polar surface area (TPSA) is 45.6 Å². The van der Waals surface area contributed by atoms with Crippen LogP contribution in [-0.2, 0) is 10.0 Å². The van der Waals surface area contributed by atoms with Crippen LogP contribution in [0.3, 0.4) is 0 Å². The summed E-state index contributed by atoms with van der Waals surface area (Å²) in [5.74, 6) is 0. The molecular formula is C32H39Cl2N2O2Si. The van der Waals surface area contributed by atoms with Crippen molar-refractivity contribution in [3.8, 4) is 0 Å². The molecule has 4 nitrogen and oxygen atoms in total. The van der Waals surface area contributed by atoms with Gasteiger partial charge < -0.3 is 9.53 Å². The molecule has 0 aliphatic carbocycles. The van der Waals surface area contributed by atoms with E-state index in [2.05, 4.69) is 50.9 Å². The summed E-state index contributed by atoms with van der Waals surface area (Å²) in [5.41, 5.74) is 2.66. The van der Waals surface area contributed by atoms with Crippen LogP contribution in [0.15, 0.2) is 66.7 Å². The number of piperidine rings is 1. The van der Waals surface area contributed by atoms with E-state index in [1.165, 1.54) is 0 Å². The Balaban J connectivity index is 1.50. The Kier molecular flexibility index (Phi) is 8.32. The summed E-state index contributed by atoms with van der Waals surface area (Å²) in [6.45, 7) is 10.9. The number of hydrogen-bond acceptors (Lipinski definition) is 4. The average Bonchev–Trinajstić information content (AvgIpc) is 3.14. The highest BCUT2D eigenvalue weighted by Gasteiger charge is 2.52. The number of benzene rings is 2. The van der Waals surface area contributed by atoms with E-state index in [4.69, 9.17) is 32.6 Å². The Labute approximate surface area is 245 Å². The SMILES string of the molecule is C[Si](C)OC(c1cccc(C2(O)CC3CCC(C2)N3C(c2ccccc2Cl)c2ccccc2Cl)n1)C(C)(C)C. The van der Waals surface area contributed by atoms with Gasteiger partial charge in [0.1, 0.15) is 5.60 Å². The van der Waals surface area contributed by atoms with Crippen molar-refractivity contribution in [3.05, 3.63) is 99.3 Å². The van der Waals surface area contributed by atoms with Crippen LogP contribution in [0.2, 0.25) is 23.1 Å². The van der Waals surface area contributed by atoms with Gasteiger partial charge in [-0.2, -0.15) is 0 Å². The van der Waals surface area contributed by atoms with Crippen molar-refractivity contribution < 1.29 is 9.53 Å². The van der Waals surface area contributed by atoms with Gasteiger partial charge in [-0.1, -0.05) is 86.4 Å². The van der Waals surface area contributed by atoms with Crippen molar-refractivity contribution in [2.75, 3.05) is 0 Å². The van der Waals surface area contributed by atoms with E-state index >= 15 is 0 Å². The van der Waals surface area contributed by atoms with Crippen LogP contribution in [0.5, 0.6) is 0 Å². The quantitative estimate of drug-likeness (QED) is 0.285. The zero-order valence-corrected chi connectivity index (χ0v) is 26.0. The summed E-state index contributed by atoms with van der Waals surface area (Å²) in [7, 11) is -0.929. The number of hydrogen-bond donors (Lipinski definition) is 1. The van der Waals surface area contributed by atoms with Gasteiger partial charge in [0, 0.05) is 22.1 Å². The van der Waals surface area contributed by atoms with Gasteiger partial charge in [-0.3, -0.25) is 9.88 Å². The Morgan fingerprint density at radius 1 is 0.897 bits per heavy atom. The molecule has 3 aromatic rings. The number of fused-ring (bicyclic) bond motifs is 2. The van der Waals surface area contributed by atoms with Crippen LogP contribution in [0, 0.1) is 5.41 Å². The second kappa shape index (κ2) is 11.3. The van der Waals surface area contributed by atoms with Crippen LogP contribution in [-0.4, -0.2) is 36.1 Å². The molecule has 1 radical (unpaired) electrons. The Morgan fingerprint density at radius 2 is 1.44 bits per heavy atom. The number of nitrogens with zero attached hydrogens (tertiary/aromatic N) is 2. The van der Waals surface area contributed by atoms with Crippen LogP contribution in [0.25, 0.3) is 0 Å². The number of aromatic nitrogens is 1. The van der Waals surface area contributed by atoms with Crippen LogP contribution in [0.1, 0.15) is 81.1 Å². The lowest BCUT2D eigenvalue weighted by molar-refractivity contribution is -0.0688. The monoisotopic (exact) mass is 581 g/mol. The molecule has 3 unspecified atom stereocenters. The summed E-state index contributed by atoms with van der Waals surface area (Å²) >= 11 is 13.6. The number of halogens is 2. The molecule has 207 valence electrons. The summed E-state index contributed by atoms with van der Waals surface area (Å²) in [4.78, 5) is 7.64. The van der Waals surface area contributed by atoms with Crippen LogP contribution in [0.4, 0.5) is 0 Å². The summed E-state index contributed by atoms with van der Waals surface area (Å²) < 4.78 is 6.42. The van der Waals surface area contributed by atoms with E-state index in [0.717, 1.165) is 45.4 Å². The van der Waals surface area contributed by atoms with E-state index in [-0.39, 0.29) is 29.6 Å². The lowest BCUT2D eigenvalue weighted by atomic mass is 9.80. The maximum Gasteiger partial charge on any atom is 0.205 e. The number of rotatable bonds is 7. The number of aliphatic hydroxyl groups is 1. The molecule has 0 amide bonds. The minimum absolute atomic E-state index is 0.0814. The first kappa shape index (κ1) is 28.8. The Hall–Kier alpha value is -1.73. The number of pyridine rings is 1. The third-order valence-corrected chi connectivity index (χ3v) is 9.57. The summed E-state index contributed by atoms with van der Waals surface area (Å²) in [5, 5.41) is 13.7. The second-order valence-corrected chi connectivity index (χ2v) is 15.3. The first-order chi connectivity index (χ1) is 18.5. The highest BCUT2D eigenvalue weighted by atomic mass is 35.5. The van der Waals surface area contributed by atoms with Crippen LogP contribution < -0.4 is 0 Å². The molecule has 2 aromatic carbocycles. The fourth-order valence-electron chi connectivity index (χ4n) is 6.55. The van der Waals surface area contributed by atoms with Gasteiger partial charge in [0.2, 0.25) is 9.04 Å². The third kappa shape index (κ3) is 5.86. The molecule has 2 aliphatic heterocycles. The van der Waals surface area contributed by atoms with Crippen molar-refractivity contribution in [1.29, 1.82) is 0 Å². The highest BCUT2D eigenvalue weighted by Crippen LogP contribution is 2.51. The standard InChI is InChI=1S/C32H39Cl2N2O2Si/c1-31(2,3)30(38-39(4)5)27-15-10-16-28(35-27)32(37)19-21-17-18-22(20-32)36(21)29(23-11-6-8-13-25(23)33)24-12-7-9-14-26(24)34/h6-16,21-22,29-30,37H,17-20H2,1-5H3. The van der Waals surface area contributed by atoms with E-state index < -0.39 is 14.6 Å². The van der Waals surface area contributed by atoms with Crippen molar-refractivity contribution >= 4 is 32.2 Å². The lowest BCUT2D eigenvalue weighted by Gasteiger charge is -2.47. The maximum atomic E-state index is 12.2. The van der Waals surface area contributed by atoms with Gasteiger partial charge in [-0.25, -0.2) is 0 Å². The Bertz CT molecular complexity index is 1250. The first-order valence-corrected chi connectivity index (χ1v) is 17.1. The minimum atomic E-state index is -1.00. The van der Waals surface area contributed by atoms with Crippen molar-refractivity contribution in [3.63, 3.8) is 0 Å². The second-order valence-electron chi connectivity index (χ2n) is 12.4. The highest BCUT2D eigenvalue weighted by molar-refractivity contribution is 6.48. The van der Waals surface area contributed by atoms with E-state index in [1.807, 2.05) is 54.6 Å². The molecule has 0 saturated carbocycles. The summed E-state index contributed by atoms with van der Waals surface area (Å²) in [6.07, 6.45) is 3.14. The zero-order chi connectivity index (χ0) is 27.9. The van der Waals surface area contributed by atoms with Crippen molar-refractivity contribution in [2.24, 2.45) is 5.41 Å². The normalized spacial score (nSPS) is 24.5. The molecule has 5 rings (SSSR count). The van der Waals surface area contributed by atoms with Gasteiger partial charge in [-0.05, 0) is 79.6 Å². The molecule has 1 N–H and O–H groups in total. The molecule has 0 spiro atoms. The first-order valence-electron chi connectivity index (χ1n) is 13.9. The molecule has 3 heterocycles. The Morgan fingerprint density at radius 3 is 1.92 bits per heavy atom. The zero-order valence-electron chi connectivity index (χ0n) is 23.5.